The summed E-state index contributed by atoms with van der Waals surface area (Å²) in [5.41, 5.74) is -1.72. The number of carbonyl (C=O) groups excluding carboxylic acids is 2. The van der Waals surface area contributed by atoms with Gasteiger partial charge in [0, 0.05) is 24.6 Å². The molecule has 2 aromatic carbocycles. The fraction of sp³-hybridized carbons (Fsp3) is 0.462. The van der Waals surface area contributed by atoms with Crippen LogP contribution in [0.1, 0.15) is 54.1 Å². The zero-order valence-electron chi connectivity index (χ0n) is 21.3. The first-order chi connectivity index (χ1) is 18.2. The average molecular weight is 560 g/mol. The first-order valence-electron chi connectivity index (χ1n) is 12.1. The van der Waals surface area contributed by atoms with Crippen LogP contribution in [0, 0.1) is 0 Å². The minimum atomic E-state index is -5.05. The molecule has 0 N–H and O–H groups in total. The topological polar surface area (TPSA) is 68.3 Å². The Balaban J connectivity index is 1.83. The Morgan fingerprint density at radius 1 is 1.05 bits per heavy atom. The Labute approximate surface area is 220 Å². The molecule has 0 aliphatic carbocycles. The van der Waals surface area contributed by atoms with E-state index in [4.69, 9.17) is 14.2 Å². The summed E-state index contributed by atoms with van der Waals surface area (Å²) in [5, 5.41) is 0. The van der Waals surface area contributed by atoms with Gasteiger partial charge in [-0.25, -0.2) is 9.59 Å². The van der Waals surface area contributed by atoms with Crippen molar-refractivity contribution in [2.24, 2.45) is 0 Å². The minimum Gasteiger partial charge on any atom is -0.493 e. The van der Waals surface area contributed by atoms with Gasteiger partial charge in [-0.05, 0) is 61.7 Å². The average Bonchev–Trinajstić information content (AvgIpc) is 3.31. The molecule has 0 aromatic heterocycles. The third-order valence-corrected chi connectivity index (χ3v) is 6.71. The summed E-state index contributed by atoms with van der Waals surface area (Å²) in [5.74, 6) is 0.514. The lowest BCUT2D eigenvalue weighted by atomic mass is 9.89. The van der Waals surface area contributed by atoms with Gasteiger partial charge < -0.3 is 14.2 Å². The number of amides is 2. The molecule has 4 rings (SSSR count). The Morgan fingerprint density at radius 2 is 1.69 bits per heavy atom. The van der Waals surface area contributed by atoms with Crippen LogP contribution in [0.25, 0.3) is 0 Å². The van der Waals surface area contributed by atoms with Crippen LogP contribution >= 0.6 is 0 Å². The molecule has 2 amide bonds. The van der Waals surface area contributed by atoms with Crippen molar-refractivity contribution in [1.82, 2.24) is 4.90 Å². The highest BCUT2D eigenvalue weighted by atomic mass is 19.4. The highest BCUT2D eigenvalue weighted by Crippen LogP contribution is 2.46. The van der Waals surface area contributed by atoms with Crippen molar-refractivity contribution in [3.05, 3.63) is 58.1 Å². The van der Waals surface area contributed by atoms with E-state index in [9.17, 15) is 35.9 Å². The molecule has 212 valence electrons. The molecule has 0 saturated heterocycles. The largest absolute Gasteiger partial charge is 0.493 e. The molecule has 39 heavy (non-hydrogen) atoms. The van der Waals surface area contributed by atoms with Gasteiger partial charge in [0.05, 0.1) is 43.2 Å². The fourth-order valence-electron chi connectivity index (χ4n) is 4.99. The Bertz CT molecular complexity index is 1230. The number of anilines is 1. The van der Waals surface area contributed by atoms with Crippen molar-refractivity contribution in [2.45, 2.75) is 57.7 Å². The van der Waals surface area contributed by atoms with Gasteiger partial charge in [-0.1, -0.05) is 0 Å². The highest BCUT2D eigenvalue weighted by molar-refractivity contribution is 5.91. The first kappa shape index (κ1) is 28.4. The number of hydrogen-bond acceptors (Lipinski definition) is 5. The van der Waals surface area contributed by atoms with Crippen molar-refractivity contribution in [1.29, 1.82) is 0 Å². The van der Waals surface area contributed by atoms with Gasteiger partial charge >= 0.3 is 24.5 Å². The minimum absolute atomic E-state index is 0.0296. The number of methoxy groups -OCH3 is 1. The summed E-state index contributed by atoms with van der Waals surface area (Å²) in [7, 11) is 1.06. The number of carbonyl (C=O) groups is 2. The van der Waals surface area contributed by atoms with E-state index in [1.807, 2.05) is 0 Å². The van der Waals surface area contributed by atoms with Gasteiger partial charge in [0.2, 0.25) is 0 Å². The summed E-state index contributed by atoms with van der Waals surface area (Å²) in [4.78, 5) is 28.3. The van der Waals surface area contributed by atoms with Gasteiger partial charge in [-0.3, -0.25) is 9.80 Å². The number of ether oxygens (including phenoxy) is 3. The van der Waals surface area contributed by atoms with Gasteiger partial charge in [-0.2, -0.15) is 26.3 Å². The second kappa shape index (κ2) is 10.5. The van der Waals surface area contributed by atoms with E-state index >= 15 is 0 Å². The number of hydrogen-bond donors (Lipinski definition) is 0. The van der Waals surface area contributed by atoms with Crippen molar-refractivity contribution < 1.29 is 50.1 Å². The smallest absolute Gasteiger partial charge is 0.416 e. The molecular weight excluding hydrogens is 534 g/mol. The maximum Gasteiger partial charge on any atom is 0.416 e. The summed E-state index contributed by atoms with van der Waals surface area (Å²) in [6, 6.07) is 3.15. The maximum atomic E-state index is 13.5. The summed E-state index contributed by atoms with van der Waals surface area (Å²) in [6.45, 7) is 3.24. The van der Waals surface area contributed by atoms with Crippen molar-refractivity contribution in [3.63, 3.8) is 0 Å². The van der Waals surface area contributed by atoms with E-state index in [1.54, 1.807) is 26.0 Å². The Morgan fingerprint density at radius 3 is 2.26 bits per heavy atom. The second-order valence-electron chi connectivity index (χ2n) is 9.30. The summed E-state index contributed by atoms with van der Waals surface area (Å²) < 4.78 is 96.6. The zero-order chi connectivity index (χ0) is 28.7. The number of fused-ring (bicyclic) bond motifs is 2. The van der Waals surface area contributed by atoms with Crippen LogP contribution in [0.5, 0.6) is 5.75 Å². The van der Waals surface area contributed by atoms with Crippen LogP contribution in [-0.4, -0.2) is 43.5 Å². The number of rotatable bonds is 4. The molecule has 2 heterocycles. The monoisotopic (exact) mass is 560 g/mol. The molecular formula is C26H26F6N2O5. The lowest BCUT2D eigenvalue weighted by Gasteiger charge is -2.42. The van der Waals surface area contributed by atoms with Gasteiger partial charge in [0.15, 0.2) is 0 Å². The van der Waals surface area contributed by atoms with Crippen molar-refractivity contribution in [3.8, 4) is 5.75 Å². The number of alkyl halides is 6. The van der Waals surface area contributed by atoms with Crippen molar-refractivity contribution >= 4 is 17.9 Å². The number of nitrogens with zero attached hydrogens (tertiary/aromatic N) is 2. The van der Waals surface area contributed by atoms with E-state index in [0.29, 0.717) is 42.2 Å². The fourth-order valence-corrected chi connectivity index (χ4v) is 4.99. The lowest BCUT2D eigenvalue weighted by Crippen LogP contribution is -2.47. The van der Waals surface area contributed by atoms with E-state index in [-0.39, 0.29) is 24.7 Å². The predicted molar refractivity (Wildman–Crippen MR) is 126 cm³/mol. The molecule has 0 fully saturated rings. The number of halogens is 6. The third kappa shape index (κ3) is 5.71. The van der Waals surface area contributed by atoms with Crippen LogP contribution in [0.4, 0.5) is 41.6 Å². The summed E-state index contributed by atoms with van der Waals surface area (Å²) >= 11 is 0. The molecule has 0 saturated carbocycles. The standard InChI is InChI=1S/C26H26F6N2O5/c1-4-38-24(36)34-14(2)7-20(19-12-22-16(5-6-39-22)10-21(19)34)33(23(35)37-3)13-15-8-17(25(27,28)29)11-18(9-15)26(30,31)32/h8-12,14,20H,4-7,13H2,1-3H3/t14-,20+/m1/s1. The van der Waals surface area contributed by atoms with Crippen LogP contribution in [0.3, 0.4) is 0 Å². The van der Waals surface area contributed by atoms with Crippen LogP contribution in [-0.2, 0) is 34.8 Å². The number of benzene rings is 2. The molecule has 13 heteroatoms. The van der Waals surface area contributed by atoms with Gasteiger partial charge in [0.1, 0.15) is 5.75 Å². The maximum absolute atomic E-state index is 13.5. The molecule has 0 radical (unpaired) electrons. The quantitative estimate of drug-likeness (QED) is 0.388. The normalized spacial score (nSPS) is 18.6. The van der Waals surface area contributed by atoms with E-state index < -0.39 is 54.3 Å². The first-order valence-corrected chi connectivity index (χ1v) is 12.1. The van der Waals surface area contributed by atoms with Crippen LogP contribution in [0.15, 0.2) is 30.3 Å². The summed E-state index contributed by atoms with van der Waals surface area (Å²) in [6.07, 6.45) is -11.0. The predicted octanol–water partition coefficient (Wildman–Crippen LogP) is 6.72. The van der Waals surface area contributed by atoms with Crippen LogP contribution < -0.4 is 9.64 Å². The molecule has 2 aliphatic rings. The lowest BCUT2D eigenvalue weighted by molar-refractivity contribution is -0.143. The molecule has 2 aromatic rings. The van der Waals surface area contributed by atoms with E-state index in [1.165, 1.54) is 4.90 Å². The molecule has 0 bridgehead atoms. The molecule has 2 aliphatic heterocycles. The second-order valence-corrected chi connectivity index (χ2v) is 9.30. The molecule has 2 atom stereocenters. The van der Waals surface area contributed by atoms with Gasteiger partial charge in [-0.15, -0.1) is 0 Å². The van der Waals surface area contributed by atoms with Crippen molar-refractivity contribution in [2.75, 3.05) is 25.2 Å². The Hall–Kier alpha value is -3.64. The van der Waals surface area contributed by atoms with E-state index in [0.717, 1.165) is 17.6 Å². The molecule has 0 spiro atoms. The van der Waals surface area contributed by atoms with Gasteiger partial charge in [0.25, 0.3) is 0 Å². The zero-order valence-corrected chi connectivity index (χ0v) is 21.3. The third-order valence-electron chi connectivity index (χ3n) is 6.71. The SMILES string of the molecule is CCOC(=O)N1c2cc3c(cc2[C@@H](N(Cc2cc(C(F)(F)F)cc(C(F)(F)F)c2)C(=O)OC)C[C@H]1C)OCC3. The van der Waals surface area contributed by atoms with Crippen LogP contribution in [0.2, 0.25) is 0 Å². The molecule has 7 nitrogen and oxygen atoms in total. The Kier molecular flexibility index (Phi) is 7.63. The van der Waals surface area contributed by atoms with E-state index in [2.05, 4.69) is 0 Å². The highest BCUT2D eigenvalue weighted by Gasteiger charge is 2.42. The molecule has 0 unspecified atom stereocenters.